The summed E-state index contributed by atoms with van der Waals surface area (Å²) in [6.07, 6.45) is -0.414. The minimum Gasteiger partial charge on any atom is -0.326 e. The Balaban J connectivity index is 2.39. The molecule has 1 aromatic rings. The minimum absolute atomic E-state index is 0.149. The van der Waals surface area contributed by atoms with Gasteiger partial charge in [-0.1, -0.05) is 18.9 Å². The fraction of sp³-hybridized carbons (Fsp3) is 0.583. The van der Waals surface area contributed by atoms with Gasteiger partial charge in [0.15, 0.2) is 0 Å². The van der Waals surface area contributed by atoms with Gasteiger partial charge in [-0.25, -0.2) is 4.98 Å². The Kier molecular flexibility index (Phi) is 3.38. The van der Waals surface area contributed by atoms with Gasteiger partial charge in [0.2, 0.25) is 0 Å². The van der Waals surface area contributed by atoms with E-state index in [1.165, 1.54) is 6.07 Å². The standard InChI is InChI=1S/C12H15F3N2/c13-12(14,15)10-6-5-9(7-16)11(17-10)8-3-1-2-4-8/h5-6,8H,1-4,7,16H2. The van der Waals surface area contributed by atoms with E-state index in [1.807, 2.05) is 0 Å². The highest BCUT2D eigenvalue weighted by Crippen LogP contribution is 2.36. The molecule has 0 saturated heterocycles. The molecule has 1 saturated carbocycles. The average Bonchev–Trinajstić information content (AvgIpc) is 2.80. The molecule has 2 rings (SSSR count). The zero-order valence-electron chi connectivity index (χ0n) is 9.43. The summed E-state index contributed by atoms with van der Waals surface area (Å²) in [5.74, 6) is 0.149. The van der Waals surface area contributed by atoms with Crippen LogP contribution in [-0.4, -0.2) is 4.98 Å². The summed E-state index contributed by atoms with van der Waals surface area (Å²) in [5.41, 5.74) is 6.04. The van der Waals surface area contributed by atoms with E-state index in [2.05, 4.69) is 4.98 Å². The van der Waals surface area contributed by atoms with Crippen LogP contribution in [-0.2, 0) is 12.7 Å². The third-order valence-electron chi connectivity index (χ3n) is 3.26. The van der Waals surface area contributed by atoms with Crippen molar-refractivity contribution in [1.82, 2.24) is 4.98 Å². The predicted octanol–water partition coefficient (Wildman–Crippen LogP) is 3.22. The zero-order valence-corrected chi connectivity index (χ0v) is 9.43. The maximum Gasteiger partial charge on any atom is 0.433 e. The number of nitrogens with two attached hydrogens (primary N) is 1. The molecule has 0 amide bonds. The van der Waals surface area contributed by atoms with Gasteiger partial charge in [-0.2, -0.15) is 13.2 Å². The second kappa shape index (κ2) is 4.64. The van der Waals surface area contributed by atoms with Gasteiger partial charge in [0.05, 0.1) is 0 Å². The molecule has 0 unspecified atom stereocenters. The van der Waals surface area contributed by atoms with Crippen molar-refractivity contribution < 1.29 is 13.2 Å². The lowest BCUT2D eigenvalue weighted by Gasteiger charge is -2.15. The molecule has 0 radical (unpaired) electrons. The highest BCUT2D eigenvalue weighted by molar-refractivity contribution is 5.27. The van der Waals surface area contributed by atoms with E-state index >= 15 is 0 Å². The van der Waals surface area contributed by atoms with E-state index < -0.39 is 11.9 Å². The summed E-state index contributed by atoms with van der Waals surface area (Å²) in [5, 5.41) is 0. The van der Waals surface area contributed by atoms with Crippen molar-refractivity contribution in [3.63, 3.8) is 0 Å². The predicted molar refractivity (Wildman–Crippen MR) is 58.3 cm³/mol. The monoisotopic (exact) mass is 244 g/mol. The number of pyridine rings is 1. The maximum absolute atomic E-state index is 12.6. The number of alkyl halides is 3. The molecule has 0 bridgehead atoms. The van der Waals surface area contributed by atoms with Crippen molar-refractivity contribution in [3.8, 4) is 0 Å². The van der Waals surface area contributed by atoms with Gasteiger partial charge in [0.1, 0.15) is 5.69 Å². The van der Waals surface area contributed by atoms with Crippen molar-refractivity contribution in [2.75, 3.05) is 0 Å². The minimum atomic E-state index is -4.37. The Hall–Kier alpha value is -1.10. The molecule has 0 aliphatic heterocycles. The number of aromatic nitrogens is 1. The van der Waals surface area contributed by atoms with E-state index in [-0.39, 0.29) is 12.5 Å². The van der Waals surface area contributed by atoms with Crippen molar-refractivity contribution in [2.24, 2.45) is 5.73 Å². The van der Waals surface area contributed by atoms with Crippen LogP contribution >= 0.6 is 0 Å². The summed E-state index contributed by atoms with van der Waals surface area (Å²) in [4.78, 5) is 3.79. The van der Waals surface area contributed by atoms with E-state index in [1.54, 1.807) is 0 Å². The van der Waals surface area contributed by atoms with E-state index in [4.69, 9.17) is 5.73 Å². The average molecular weight is 244 g/mol. The highest BCUT2D eigenvalue weighted by Gasteiger charge is 2.34. The van der Waals surface area contributed by atoms with Gasteiger partial charge >= 0.3 is 6.18 Å². The van der Waals surface area contributed by atoms with Gasteiger partial charge < -0.3 is 5.73 Å². The Labute approximate surface area is 98.0 Å². The SMILES string of the molecule is NCc1ccc(C(F)(F)F)nc1C1CCCC1. The van der Waals surface area contributed by atoms with Crippen LogP contribution in [0, 0.1) is 0 Å². The van der Waals surface area contributed by atoms with Gasteiger partial charge in [-0.05, 0) is 24.5 Å². The molecule has 2 nitrogen and oxygen atoms in total. The van der Waals surface area contributed by atoms with E-state index in [0.29, 0.717) is 5.69 Å². The first-order valence-corrected chi connectivity index (χ1v) is 5.79. The fourth-order valence-corrected chi connectivity index (χ4v) is 2.39. The Morgan fingerprint density at radius 1 is 1.24 bits per heavy atom. The summed E-state index contributed by atoms with van der Waals surface area (Å²) in [7, 11) is 0. The zero-order chi connectivity index (χ0) is 12.5. The summed E-state index contributed by atoms with van der Waals surface area (Å²) < 4.78 is 37.8. The van der Waals surface area contributed by atoms with Crippen molar-refractivity contribution in [2.45, 2.75) is 44.3 Å². The van der Waals surface area contributed by atoms with Gasteiger partial charge in [0.25, 0.3) is 0 Å². The van der Waals surface area contributed by atoms with Gasteiger partial charge in [-0.3, -0.25) is 0 Å². The Morgan fingerprint density at radius 3 is 2.41 bits per heavy atom. The largest absolute Gasteiger partial charge is 0.433 e. The quantitative estimate of drug-likeness (QED) is 0.867. The lowest BCUT2D eigenvalue weighted by molar-refractivity contribution is -0.141. The van der Waals surface area contributed by atoms with Crippen LogP contribution in [0.15, 0.2) is 12.1 Å². The lowest BCUT2D eigenvalue weighted by Crippen LogP contribution is -2.14. The van der Waals surface area contributed by atoms with E-state index in [0.717, 1.165) is 37.3 Å². The molecule has 0 aromatic carbocycles. The molecule has 17 heavy (non-hydrogen) atoms. The number of halogens is 3. The highest BCUT2D eigenvalue weighted by atomic mass is 19.4. The topological polar surface area (TPSA) is 38.9 Å². The second-order valence-corrected chi connectivity index (χ2v) is 4.42. The third kappa shape index (κ3) is 2.60. The van der Waals surface area contributed by atoms with Crippen LogP contribution in [0.25, 0.3) is 0 Å². The van der Waals surface area contributed by atoms with Crippen molar-refractivity contribution in [1.29, 1.82) is 0 Å². The summed E-state index contributed by atoms with van der Waals surface area (Å²) >= 11 is 0. The lowest BCUT2D eigenvalue weighted by atomic mass is 9.98. The number of hydrogen-bond acceptors (Lipinski definition) is 2. The molecule has 0 atom stereocenters. The first-order chi connectivity index (χ1) is 8.02. The molecule has 1 aromatic heterocycles. The molecule has 1 heterocycles. The molecule has 1 aliphatic carbocycles. The van der Waals surface area contributed by atoms with Crippen LogP contribution in [0.3, 0.4) is 0 Å². The number of nitrogens with zero attached hydrogens (tertiary/aromatic N) is 1. The van der Waals surface area contributed by atoms with Gasteiger partial charge in [-0.15, -0.1) is 0 Å². The number of rotatable bonds is 2. The first-order valence-electron chi connectivity index (χ1n) is 5.79. The van der Waals surface area contributed by atoms with Crippen LogP contribution in [0.1, 0.15) is 48.6 Å². The molecule has 1 aliphatic rings. The second-order valence-electron chi connectivity index (χ2n) is 4.42. The molecular formula is C12H15F3N2. The Morgan fingerprint density at radius 2 is 1.88 bits per heavy atom. The molecule has 94 valence electrons. The molecule has 2 N–H and O–H groups in total. The molecule has 0 spiro atoms. The molecule has 1 fully saturated rings. The van der Waals surface area contributed by atoms with Crippen LogP contribution in [0.5, 0.6) is 0 Å². The molecule has 5 heteroatoms. The number of hydrogen-bond donors (Lipinski definition) is 1. The van der Waals surface area contributed by atoms with Crippen LogP contribution in [0.4, 0.5) is 13.2 Å². The fourth-order valence-electron chi connectivity index (χ4n) is 2.39. The Bertz CT molecular complexity index is 395. The normalized spacial score (nSPS) is 17.6. The van der Waals surface area contributed by atoms with Crippen LogP contribution in [0.2, 0.25) is 0 Å². The first kappa shape index (κ1) is 12.4. The van der Waals surface area contributed by atoms with Crippen molar-refractivity contribution >= 4 is 0 Å². The summed E-state index contributed by atoms with van der Waals surface area (Å²) in [6.45, 7) is 0.247. The third-order valence-corrected chi connectivity index (χ3v) is 3.26. The van der Waals surface area contributed by atoms with E-state index in [9.17, 15) is 13.2 Å². The van der Waals surface area contributed by atoms with Gasteiger partial charge in [0, 0.05) is 18.2 Å². The van der Waals surface area contributed by atoms with Crippen LogP contribution < -0.4 is 5.73 Å². The molecular weight excluding hydrogens is 229 g/mol. The smallest absolute Gasteiger partial charge is 0.326 e. The summed E-state index contributed by atoms with van der Waals surface area (Å²) in [6, 6.07) is 2.48. The maximum atomic E-state index is 12.6. The van der Waals surface area contributed by atoms with Crippen molar-refractivity contribution in [3.05, 3.63) is 29.1 Å².